The molecule has 0 unspecified atom stereocenters. The lowest BCUT2D eigenvalue weighted by atomic mass is 10.2. The molecular formula is C11H13N5O2. The van der Waals surface area contributed by atoms with E-state index in [2.05, 4.69) is 20.7 Å². The fourth-order valence-electron chi connectivity index (χ4n) is 1.57. The number of aromatic amines is 1. The summed E-state index contributed by atoms with van der Waals surface area (Å²) in [5, 5.41) is 8.89. The first-order chi connectivity index (χ1) is 8.61. The molecule has 0 fully saturated rings. The highest BCUT2D eigenvalue weighted by Crippen LogP contribution is 2.13. The summed E-state index contributed by atoms with van der Waals surface area (Å²) in [7, 11) is 3.25. The fraction of sp³-hybridized carbons (Fsp3) is 0.182. The third kappa shape index (κ3) is 2.24. The van der Waals surface area contributed by atoms with Crippen molar-refractivity contribution >= 4 is 11.8 Å². The van der Waals surface area contributed by atoms with Gasteiger partial charge < -0.3 is 10.3 Å². The molecule has 0 atom stereocenters. The second-order valence-corrected chi connectivity index (χ2v) is 3.67. The molecule has 0 aliphatic rings. The molecule has 18 heavy (non-hydrogen) atoms. The van der Waals surface area contributed by atoms with Crippen LogP contribution in [0.3, 0.4) is 0 Å². The molecular weight excluding hydrogens is 234 g/mol. The van der Waals surface area contributed by atoms with E-state index in [9.17, 15) is 9.59 Å². The average Bonchev–Trinajstić information content (AvgIpc) is 2.75. The Morgan fingerprint density at radius 3 is 2.83 bits per heavy atom. The van der Waals surface area contributed by atoms with E-state index in [0.717, 1.165) is 0 Å². The first kappa shape index (κ1) is 11.9. The number of aryl methyl sites for hydroxylation is 1. The number of aromatic nitrogens is 3. The van der Waals surface area contributed by atoms with E-state index in [1.807, 2.05) is 0 Å². The number of H-pyrrole nitrogens is 1. The third-order valence-corrected chi connectivity index (χ3v) is 2.49. The number of urea groups is 1. The molecule has 0 saturated carbocycles. The third-order valence-electron chi connectivity index (χ3n) is 2.49. The Hall–Kier alpha value is -2.57. The number of nitrogens with zero attached hydrogens (tertiary/aromatic N) is 2. The van der Waals surface area contributed by atoms with Gasteiger partial charge in [-0.15, -0.1) is 0 Å². The lowest BCUT2D eigenvalue weighted by Gasteiger charge is -2.06. The summed E-state index contributed by atoms with van der Waals surface area (Å²) in [5.41, 5.74) is 1.02. The van der Waals surface area contributed by atoms with E-state index >= 15 is 0 Å². The predicted molar refractivity (Wildman–Crippen MR) is 67.3 cm³/mol. The molecule has 2 rings (SSSR count). The quantitative estimate of drug-likeness (QED) is 0.722. The molecule has 2 heterocycles. The Morgan fingerprint density at radius 2 is 2.28 bits per heavy atom. The van der Waals surface area contributed by atoms with Gasteiger partial charge in [-0.2, -0.15) is 5.10 Å². The van der Waals surface area contributed by atoms with Gasteiger partial charge in [0.2, 0.25) is 0 Å². The fourth-order valence-corrected chi connectivity index (χ4v) is 1.57. The standard InChI is InChI=1S/C11H13N5O2/c1-12-11(18)15-10-5-9(17)7(6-13-10)8-3-4-14-16(8)2/h3-6H,1-2H3,(H3,12,13,15,17,18). The minimum atomic E-state index is -0.390. The number of anilines is 1. The summed E-state index contributed by atoms with van der Waals surface area (Å²) in [6, 6.07) is 2.69. The van der Waals surface area contributed by atoms with Crippen LogP contribution in [0.2, 0.25) is 0 Å². The first-order valence-electron chi connectivity index (χ1n) is 5.31. The van der Waals surface area contributed by atoms with Crippen molar-refractivity contribution in [2.45, 2.75) is 0 Å². The van der Waals surface area contributed by atoms with E-state index < -0.39 is 0 Å². The van der Waals surface area contributed by atoms with Crippen LogP contribution in [0.15, 0.2) is 29.3 Å². The van der Waals surface area contributed by atoms with Crippen LogP contribution in [-0.4, -0.2) is 27.8 Å². The zero-order chi connectivity index (χ0) is 13.1. The summed E-state index contributed by atoms with van der Waals surface area (Å²) in [4.78, 5) is 25.9. The van der Waals surface area contributed by atoms with Gasteiger partial charge in [0.1, 0.15) is 5.82 Å². The normalized spacial score (nSPS) is 10.1. The van der Waals surface area contributed by atoms with Gasteiger partial charge in [0, 0.05) is 32.6 Å². The van der Waals surface area contributed by atoms with Crippen LogP contribution in [0.25, 0.3) is 11.3 Å². The van der Waals surface area contributed by atoms with E-state index in [4.69, 9.17) is 0 Å². The minimum Gasteiger partial charge on any atom is -0.347 e. The summed E-state index contributed by atoms with van der Waals surface area (Å²) in [6.07, 6.45) is 3.16. The zero-order valence-corrected chi connectivity index (χ0v) is 10.0. The van der Waals surface area contributed by atoms with Gasteiger partial charge in [-0.25, -0.2) is 4.79 Å². The summed E-state index contributed by atoms with van der Waals surface area (Å²) >= 11 is 0. The highest BCUT2D eigenvalue weighted by molar-refractivity contribution is 5.88. The van der Waals surface area contributed by atoms with Crippen LogP contribution < -0.4 is 16.1 Å². The lowest BCUT2D eigenvalue weighted by Crippen LogP contribution is -2.25. The van der Waals surface area contributed by atoms with Gasteiger partial charge in [-0.1, -0.05) is 0 Å². The summed E-state index contributed by atoms with van der Waals surface area (Å²) in [6.45, 7) is 0. The smallest absolute Gasteiger partial charge is 0.320 e. The predicted octanol–water partition coefficient (Wildman–Crippen LogP) is 0.527. The number of hydrogen-bond acceptors (Lipinski definition) is 3. The second kappa shape index (κ2) is 4.74. The maximum atomic E-state index is 11.9. The molecule has 2 aromatic rings. The number of amides is 2. The molecule has 3 N–H and O–H groups in total. The van der Waals surface area contributed by atoms with Gasteiger partial charge in [0.15, 0.2) is 5.43 Å². The Bertz CT molecular complexity index is 628. The molecule has 0 aromatic carbocycles. The van der Waals surface area contributed by atoms with E-state index in [1.165, 1.54) is 13.1 Å². The average molecular weight is 247 g/mol. The van der Waals surface area contributed by atoms with Crippen molar-refractivity contribution in [3.05, 3.63) is 34.7 Å². The maximum Gasteiger partial charge on any atom is 0.320 e. The molecule has 0 aliphatic heterocycles. The Labute approximate surface area is 103 Å². The van der Waals surface area contributed by atoms with Crippen molar-refractivity contribution in [3.8, 4) is 11.3 Å². The van der Waals surface area contributed by atoms with Gasteiger partial charge >= 0.3 is 6.03 Å². The van der Waals surface area contributed by atoms with Crippen LogP contribution in [0, 0.1) is 0 Å². The minimum absolute atomic E-state index is 0.191. The van der Waals surface area contributed by atoms with Crippen molar-refractivity contribution in [3.63, 3.8) is 0 Å². The van der Waals surface area contributed by atoms with Crippen LogP contribution in [0.5, 0.6) is 0 Å². The number of hydrogen-bond donors (Lipinski definition) is 3. The number of nitrogens with one attached hydrogen (secondary N) is 3. The monoisotopic (exact) mass is 247 g/mol. The van der Waals surface area contributed by atoms with Crippen molar-refractivity contribution in [2.24, 2.45) is 7.05 Å². The van der Waals surface area contributed by atoms with Crippen LogP contribution in [0.1, 0.15) is 0 Å². The molecule has 0 bridgehead atoms. The van der Waals surface area contributed by atoms with Gasteiger partial charge in [0.05, 0.1) is 11.3 Å². The molecule has 7 heteroatoms. The van der Waals surface area contributed by atoms with Crippen molar-refractivity contribution in [1.82, 2.24) is 20.1 Å². The summed E-state index contributed by atoms with van der Waals surface area (Å²) < 4.78 is 1.61. The molecule has 0 saturated heterocycles. The van der Waals surface area contributed by atoms with E-state index in [0.29, 0.717) is 17.1 Å². The van der Waals surface area contributed by atoms with Gasteiger partial charge in [-0.05, 0) is 6.07 Å². The molecule has 0 spiro atoms. The largest absolute Gasteiger partial charge is 0.347 e. The van der Waals surface area contributed by atoms with Crippen molar-refractivity contribution in [2.75, 3.05) is 12.4 Å². The molecule has 7 nitrogen and oxygen atoms in total. The highest BCUT2D eigenvalue weighted by Gasteiger charge is 2.08. The second-order valence-electron chi connectivity index (χ2n) is 3.67. The number of carbonyl (C=O) groups is 1. The van der Waals surface area contributed by atoms with Gasteiger partial charge in [-0.3, -0.25) is 14.8 Å². The van der Waals surface area contributed by atoms with Crippen LogP contribution >= 0.6 is 0 Å². The molecule has 0 aliphatic carbocycles. The Balaban J connectivity index is 2.34. The Kier molecular flexibility index (Phi) is 3.13. The van der Waals surface area contributed by atoms with Crippen LogP contribution in [-0.2, 0) is 7.05 Å². The molecule has 2 amide bonds. The Morgan fingerprint density at radius 1 is 1.50 bits per heavy atom. The van der Waals surface area contributed by atoms with Gasteiger partial charge in [0.25, 0.3) is 0 Å². The van der Waals surface area contributed by atoms with E-state index in [-0.39, 0.29) is 11.5 Å². The molecule has 2 aromatic heterocycles. The number of rotatable bonds is 2. The topological polar surface area (TPSA) is 91.8 Å². The zero-order valence-electron chi connectivity index (χ0n) is 10.0. The maximum absolute atomic E-state index is 11.9. The van der Waals surface area contributed by atoms with Crippen LogP contribution in [0.4, 0.5) is 10.6 Å². The lowest BCUT2D eigenvalue weighted by molar-refractivity contribution is 0.254. The van der Waals surface area contributed by atoms with Crippen molar-refractivity contribution < 1.29 is 4.79 Å². The van der Waals surface area contributed by atoms with Crippen molar-refractivity contribution in [1.29, 1.82) is 0 Å². The first-order valence-corrected chi connectivity index (χ1v) is 5.31. The molecule has 94 valence electrons. The summed E-state index contributed by atoms with van der Waals surface area (Å²) in [5.74, 6) is 0.338. The highest BCUT2D eigenvalue weighted by atomic mass is 16.2. The van der Waals surface area contributed by atoms with E-state index in [1.54, 1.807) is 30.2 Å². The number of pyridine rings is 1. The number of carbonyl (C=O) groups excluding carboxylic acids is 1. The SMILES string of the molecule is CNC(=O)Nc1cc(=O)c(-c2ccnn2C)c[nH]1. The molecule has 0 radical (unpaired) electrons.